The maximum atomic E-state index is 12.3. The zero-order chi connectivity index (χ0) is 17.7. The predicted octanol–water partition coefficient (Wildman–Crippen LogP) is 2.10. The lowest BCUT2D eigenvalue weighted by atomic mass is 9.93. The van der Waals surface area contributed by atoms with E-state index in [0.29, 0.717) is 4.90 Å². The molecule has 1 aliphatic heterocycles. The van der Waals surface area contributed by atoms with Crippen LogP contribution in [0.1, 0.15) is 24.8 Å². The van der Waals surface area contributed by atoms with Gasteiger partial charge in [-0.05, 0) is 76.6 Å². The summed E-state index contributed by atoms with van der Waals surface area (Å²) in [6.07, 6.45) is 3.75. The number of benzene rings is 1. The molecule has 0 unspecified atom stereocenters. The first-order valence-electron chi connectivity index (χ1n) is 8.67. The quantitative estimate of drug-likeness (QED) is 0.753. The molecule has 136 valence electrons. The van der Waals surface area contributed by atoms with Crippen molar-refractivity contribution in [3.8, 4) is 0 Å². The van der Waals surface area contributed by atoms with Crippen LogP contribution in [0.5, 0.6) is 0 Å². The molecule has 0 saturated carbocycles. The maximum Gasteiger partial charge on any atom is 0.242 e. The van der Waals surface area contributed by atoms with E-state index < -0.39 is 10.0 Å². The highest BCUT2D eigenvalue weighted by atomic mass is 32.2. The summed E-state index contributed by atoms with van der Waals surface area (Å²) in [6, 6.07) is 7.35. The zero-order valence-corrected chi connectivity index (χ0v) is 16.2. The molecule has 0 amide bonds. The van der Waals surface area contributed by atoms with Gasteiger partial charge in [0.1, 0.15) is 0 Å². The first-order valence-corrected chi connectivity index (χ1v) is 10.1. The lowest BCUT2D eigenvalue weighted by Gasteiger charge is -2.32. The standard InChI is InChI=1S/C18H31N3O2S/c1-19(2)11-8-16-9-12-21(13-10-16)15-17-6-5-7-18(14-17)24(22,23)20(3)4/h5-7,14,16H,8-13,15H2,1-4H3. The van der Waals surface area contributed by atoms with Gasteiger partial charge in [0.05, 0.1) is 4.90 Å². The molecule has 1 fully saturated rings. The summed E-state index contributed by atoms with van der Waals surface area (Å²) in [7, 11) is 4.04. The summed E-state index contributed by atoms with van der Waals surface area (Å²) in [5.41, 5.74) is 1.07. The lowest BCUT2D eigenvalue weighted by molar-refractivity contribution is 0.165. The van der Waals surface area contributed by atoms with Crippen LogP contribution in [0.3, 0.4) is 0 Å². The number of hydrogen-bond donors (Lipinski definition) is 0. The van der Waals surface area contributed by atoms with Crippen LogP contribution in [0.25, 0.3) is 0 Å². The van der Waals surface area contributed by atoms with Gasteiger partial charge in [-0.25, -0.2) is 12.7 Å². The van der Waals surface area contributed by atoms with Crippen molar-refractivity contribution in [2.45, 2.75) is 30.7 Å². The minimum Gasteiger partial charge on any atom is -0.309 e. The van der Waals surface area contributed by atoms with Gasteiger partial charge in [0.15, 0.2) is 0 Å². The Hall–Kier alpha value is -0.950. The number of piperidine rings is 1. The van der Waals surface area contributed by atoms with Crippen molar-refractivity contribution >= 4 is 10.0 Å². The fraction of sp³-hybridized carbons (Fsp3) is 0.667. The highest BCUT2D eigenvalue weighted by Gasteiger charge is 2.21. The summed E-state index contributed by atoms with van der Waals surface area (Å²) in [5.74, 6) is 0.823. The van der Waals surface area contributed by atoms with Gasteiger partial charge in [0.2, 0.25) is 10.0 Å². The molecule has 6 heteroatoms. The zero-order valence-electron chi connectivity index (χ0n) is 15.4. The Morgan fingerprint density at radius 2 is 1.79 bits per heavy atom. The van der Waals surface area contributed by atoms with Crippen molar-refractivity contribution < 1.29 is 8.42 Å². The third-order valence-electron chi connectivity index (χ3n) is 4.77. The molecule has 0 atom stereocenters. The van der Waals surface area contributed by atoms with E-state index in [1.807, 2.05) is 18.2 Å². The number of nitrogens with zero attached hydrogens (tertiary/aromatic N) is 3. The summed E-state index contributed by atoms with van der Waals surface area (Å²) >= 11 is 0. The van der Waals surface area contributed by atoms with Gasteiger partial charge in [0, 0.05) is 20.6 Å². The minimum atomic E-state index is -3.35. The maximum absolute atomic E-state index is 12.3. The SMILES string of the molecule is CN(C)CCC1CCN(Cc2cccc(S(=O)(=O)N(C)C)c2)CC1. The van der Waals surface area contributed by atoms with Crippen LogP contribution in [0.4, 0.5) is 0 Å². The Bertz CT molecular complexity index is 621. The Balaban J connectivity index is 1.92. The molecule has 1 saturated heterocycles. The second kappa shape index (κ2) is 8.43. The van der Waals surface area contributed by atoms with E-state index in [9.17, 15) is 8.42 Å². The van der Waals surface area contributed by atoms with Crippen LogP contribution in [-0.4, -0.2) is 70.3 Å². The first-order chi connectivity index (χ1) is 11.3. The molecule has 0 N–H and O–H groups in total. The van der Waals surface area contributed by atoms with Crippen molar-refractivity contribution in [1.29, 1.82) is 0 Å². The molecule has 2 rings (SSSR count). The molecule has 1 aromatic rings. The van der Waals surface area contributed by atoms with E-state index in [-0.39, 0.29) is 0 Å². The summed E-state index contributed by atoms with van der Waals surface area (Å²) in [6.45, 7) is 4.19. The van der Waals surface area contributed by atoms with Crippen LogP contribution in [0.2, 0.25) is 0 Å². The smallest absolute Gasteiger partial charge is 0.242 e. The van der Waals surface area contributed by atoms with Gasteiger partial charge in [0.25, 0.3) is 0 Å². The Labute approximate surface area is 147 Å². The number of likely N-dealkylation sites (tertiary alicyclic amines) is 1. The third-order valence-corrected chi connectivity index (χ3v) is 6.59. The van der Waals surface area contributed by atoms with Crippen LogP contribution in [0.15, 0.2) is 29.2 Å². The molecule has 0 radical (unpaired) electrons. The monoisotopic (exact) mass is 353 g/mol. The van der Waals surface area contributed by atoms with Gasteiger partial charge < -0.3 is 4.90 Å². The second-order valence-corrected chi connectivity index (χ2v) is 9.40. The van der Waals surface area contributed by atoms with Gasteiger partial charge in [-0.1, -0.05) is 12.1 Å². The van der Waals surface area contributed by atoms with Crippen molar-refractivity contribution in [2.24, 2.45) is 5.92 Å². The molecule has 1 aromatic carbocycles. The average molecular weight is 354 g/mol. The van der Waals surface area contributed by atoms with E-state index in [2.05, 4.69) is 23.9 Å². The molecular formula is C18H31N3O2S. The van der Waals surface area contributed by atoms with Gasteiger partial charge in [-0.3, -0.25) is 4.90 Å². The van der Waals surface area contributed by atoms with Crippen molar-refractivity contribution in [3.63, 3.8) is 0 Å². The average Bonchev–Trinajstić information content (AvgIpc) is 2.54. The van der Waals surface area contributed by atoms with Crippen LogP contribution >= 0.6 is 0 Å². The van der Waals surface area contributed by atoms with E-state index in [4.69, 9.17) is 0 Å². The Morgan fingerprint density at radius 1 is 1.12 bits per heavy atom. The van der Waals surface area contributed by atoms with Crippen molar-refractivity contribution in [2.75, 3.05) is 47.8 Å². The van der Waals surface area contributed by atoms with Crippen LogP contribution in [-0.2, 0) is 16.6 Å². The molecule has 0 bridgehead atoms. The minimum absolute atomic E-state index is 0.380. The largest absolute Gasteiger partial charge is 0.309 e. The number of rotatable bonds is 7. The molecule has 0 aliphatic carbocycles. The molecular weight excluding hydrogens is 322 g/mol. The highest BCUT2D eigenvalue weighted by Crippen LogP contribution is 2.23. The fourth-order valence-electron chi connectivity index (χ4n) is 3.15. The Kier molecular flexibility index (Phi) is 6.80. The molecule has 24 heavy (non-hydrogen) atoms. The van der Waals surface area contributed by atoms with E-state index in [1.54, 1.807) is 20.2 Å². The first kappa shape index (κ1) is 19.4. The third kappa shape index (κ3) is 5.28. The molecule has 1 heterocycles. The van der Waals surface area contributed by atoms with Crippen molar-refractivity contribution in [3.05, 3.63) is 29.8 Å². The summed E-state index contributed by atoms with van der Waals surface area (Å²) in [4.78, 5) is 5.07. The molecule has 0 spiro atoms. The highest BCUT2D eigenvalue weighted by molar-refractivity contribution is 7.89. The number of sulfonamides is 1. The fourth-order valence-corrected chi connectivity index (χ4v) is 4.12. The molecule has 1 aliphatic rings. The summed E-state index contributed by atoms with van der Waals surface area (Å²) < 4.78 is 25.8. The van der Waals surface area contributed by atoms with Gasteiger partial charge in [-0.15, -0.1) is 0 Å². The van der Waals surface area contributed by atoms with Crippen LogP contribution < -0.4 is 0 Å². The van der Waals surface area contributed by atoms with E-state index in [0.717, 1.165) is 37.7 Å². The number of hydrogen-bond acceptors (Lipinski definition) is 4. The molecule has 0 aromatic heterocycles. The van der Waals surface area contributed by atoms with E-state index >= 15 is 0 Å². The van der Waals surface area contributed by atoms with Gasteiger partial charge in [-0.2, -0.15) is 0 Å². The van der Waals surface area contributed by atoms with Gasteiger partial charge >= 0.3 is 0 Å². The topological polar surface area (TPSA) is 43.9 Å². The lowest BCUT2D eigenvalue weighted by Crippen LogP contribution is -2.34. The summed E-state index contributed by atoms with van der Waals surface area (Å²) in [5, 5.41) is 0. The Morgan fingerprint density at radius 3 is 2.38 bits per heavy atom. The van der Waals surface area contributed by atoms with E-state index in [1.165, 1.54) is 23.6 Å². The second-order valence-electron chi connectivity index (χ2n) is 7.25. The predicted molar refractivity (Wildman–Crippen MR) is 98.5 cm³/mol. The normalized spacial score (nSPS) is 17.8. The van der Waals surface area contributed by atoms with Crippen molar-refractivity contribution in [1.82, 2.24) is 14.1 Å². The van der Waals surface area contributed by atoms with Crippen LogP contribution in [0, 0.1) is 5.92 Å². The molecule has 5 nitrogen and oxygen atoms in total.